The van der Waals surface area contributed by atoms with Crippen molar-refractivity contribution in [3.8, 4) is 0 Å². The van der Waals surface area contributed by atoms with Gasteiger partial charge in [-0.1, -0.05) is 58.3 Å². The van der Waals surface area contributed by atoms with Gasteiger partial charge in [0.1, 0.15) is 0 Å². The van der Waals surface area contributed by atoms with Gasteiger partial charge in [-0.15, -0.1) is 0 Å². The predicted molar refractivity (Wildman–Crippen MR) is 146 cm³/mol. The lowest BCUT2D eigenvalue weighted by molar-refractivity contribution is -0.0206. The number of hydrogen-bond acceptors (Lipinski definition) is 8. The van der Waals surface area contributed by atoms with Crippen molar-refractivity contribution in [3.05, 3.63) is 0 Å². The molecular formula is C27H56O7S. The molecule has 0 saturated carbocycles. The number of hydrogen-bond donors (Lipinski definition) is 1. The average molecular weight is 525 g/mol. The first-order chi connectivity index (χ1) is 17.4. The Balaban J connectivity index is 3.00. The highest BCUT2D eigenvalue weighted by molar-refractivity contribution is 7.80. The van der Waals surface area contributed by atoms with Gasteiger partial charge in [-0.2, -0.15) is 12.6 Å². The number of rotatable bonds is 32. The number of unbranched alkanes of at least 4 members (excludes halogenated alkanes) is 9. The molecule has 0 unspecified atom stereocenters. The Morgan fingerprint density at radius 1 is 0.314 bits per heavy atom. The maximum absolute atomic E-state index is 5.62. The Hall–Kier alpha value is 0.0700. The lowest BCUT2D eigenvalue weighted by atomic mass is 10.1. The van der Waals surface area contributed by atoms with Crippen molar-refractivity contribution in [3.63, 3.8) is 0 Å². The van der Waals surface area contributed by atoms with Gasteiger partial charge in [0.2, 0.25) is 0 Å². The molecule has 0 amide bonds. The van der Waals surface area contributed by atoms with Gasteiger partial charge in [-0.3, -0.25) is 0 Å². The third-order valence-corrected chi connectivity index (χ3v) is 5.64. The molecule has 7 nitrogen and oxygen atoms in total. The van der Waals surface area contributed by atoms with Gasteiger partial charge in [0.15, 0.2) is 0 Å². The molecule has 0 atom stereocenters. The van der Waals surface area contributed by atoms with Gasteiger partial charge in [-0.25, -0.2) is 0 Å². The molecule has 0 bridgehead atoms. The topological polar surface area (TPSA) is 64.6 Å². The normalized spacial score (nSPS) is 11.5. The van der Waals surface area contributed by atoms with Gasteiger partial charge < -0.3 is 33.2 Å². The molecule has 0 fully saturated rings. The zero-order valence-electron chi connectivity index (χ0n) is 22.7. The molecule has 0 aromatic rings. The van der Waals surface area contributed by atoms with Crippen LogP contribution in [0.4, 0.5) is 0 Å². The van der Waals surface area contributed by atoms with Crippen molar-refractivity contribution in [1.82, 2.24) is 0 Å². The van der Waals surface area contributed by atoms with Gasteiger partial charge >= 0.3 is 0 Å². The van der Waals surface area contributed by atoms with E-state index in [0.29, 0.717) is 79.3 Å². The Labute approximate surface area is 221 Å². The minimum atomic E-state index is 0.564. The Kier molecular flexibility index (Phi) is 34.1. The van der Waals surface area contributed by atoms with Gasteiger partial charge in [-0.05, 0) is 25.0 Å². The summed E-state index contributed by atoms with van der Waals surface area (Å²) >= 11 is 4.25. The average Bonchev–Trinajstić information content (AvgIpc) is 2.87. The lowest BCUT2D eigenvalue weighted by Crippen LogP contribution is -2.14. The fraction of sp³-hybridized carbons (Fsp3) is 1.00. The molecule has 0 radical (unpaired) electrons. The zero-order chi connectivity index (χ0) is 25.3. The second-order valence-corrected chi connectivity index (χ2v) is 8.99. The second kappa shape index (κ2) is 34.1. The van der Waals surface area contributed by atoms with E-state index in [1.807, 2.05) is 0 Å². The highest BCUT2D eigenvalue weighted by atomic mass is 32.1. The number of thiol groups is 1. The highest BCUT2D eigenvalue weighted by Gasteiger charge is 1.96. The van der Waals surface area contributed by atoms with Gasteiger partial charge in [0.25, 0.3) is 0 Å². The first kappa shape index (κ1) is 35.1. The van der Waals surface area contributed by atoms with E-state index in [2.05, 4.69) is 19.6 Å². The molecule has 0 N–H and O–H groups in total. The quantitative estimate of drug-likeness (QED) is 0.0941. The van der Waals surface area contributed by atoms with Crippen molar-refractivity contribution < 1.29 is 33.2 Å². The monoisotopic (exact) mass is 524 g/mol. The van der Waals surface area contributed by atoms with E-state index >= 15 is 0 Å². The molecule has 35 heavy (non-hydrogen) atoms. The van der Waals surface area contributed by atoms with Crippen LogP contribution < -0.4 is 0 Å². The van der Waals surface area contributed by atoms with Crippen molar-refractivity contribution >= 4 is 12.6 Å². The SMILES string of the molecule is CCCCOCCOCCOCCOCCOCCOCCOCCCCCCCCCCCS. The van der Waals surface area contributed by atoms with Crippen LogP contribution in [0.1, 0.15) is 77.6 Å². The Morgan fingerprint density at radius 2 is 0.571 bits per heavy atom. The van der Waals surface area contributed by atoms with Crippen LogP contribution >= 0.6 is 12.6 Å². The molecule has 0 saturated heterocycles. The van der Waals surface area contributed by atoms with E-state index in [1.54, 1.807) is 0 Å². The van der Waals surface area contributed by atoms with Crippen molar-refractivity contribution in [2.75, 3.05) is 98.2 Å². The van der Waals surface area contributed by atoms with Crippen molar-refractivity contribution in [1.29, 1.82) is 0 Å². The number of ether oxygens (including phenoxy) is 7. The van der Waals surface area contributed by atoms with E-state index in [9.17, 15) is 0 Å². The summed E-state index contributed by atoms with van der Waals surface area (Å²) in [6.45, 7) is 11.0. The summed E-state index contributed by atoms with van der Waals surface area (Å²) < 4.78 is 38.4. The Bertz CT molecular complexity index is 332. The minimum Gasteiger partial charge on any atom is -0.379 e. The molecule has 0 heterocycles. The minimum absolute atomic E-state index is 0.564. The summed E-state index contributed by atoms with van der Waals surface area (Å²) in [5, 5.41) is 0. The Morgan fingerprint density at radius 3 is 0.886 bits per heavy atom. The van der Waals surface area contributed by atoms with E-state index in [0.717, 1.165) is 38.2 Å². The van der Waals surface area contributed by atoms with Crippen LogP contribution in [-0.2, 0) is 33.2 Å². The largest absolute Gasteiger partial charge is 0.379 e. The van der Waals surface area contributed by atoms with Crippen LogP contribution in [0.2, 0.25) is 0 Å². The summed E-state index contributed by atoms with van der Waals surface area (Å²) in [7, 11) is 0. The summed E-state index contributed by atoms with van der Waals surface area (Å²) in [5.41, 5.74) is 0. The van der Waals surface area contributed by atoms with Crippen LogP contribution in [0.15, 0.2) is 0 Å². The van der Waals surface area contributed by atoms with Crippen molar-refractivity contribution in [2.24, 2.45) is 0 Å². The summed E-state index contributed by atoms with van der Waals surface area (Å²) in [6.07, 6.45) is 14.1. The fourth-order valence-electron chi connectivity index (χ4n) is 3.22. The zero-order valence-corrected chi connectivity index (χ0v) is 23.6. The fourth-order valence-corrected chi connectivity index (χ4v) is 3.44. The molecule has 0 aromatic carbocycles. The summed E-state index contributed by atoms with van der Waals surface area (Å²) in [6, 6.07) is 0. The molecule has 0 aliphatic carbocycles. The smallest absolute Gasteiger partial charge is 0.0701 e. The first-order valence-electron chi connectivity index (χ1n) is 14.1. The van der Waals surface area contributed by atoms with Crippen molar-refractivity contribution in [2.45, 2.75) is 77.6 Å². The van der Waals surface area contributed by atoms with E-state index in [-0.39, 0.29) is 0 Å². The van der Waals surface area contributed by atoms with Gasteiger partial charge in [0.05, 0.1) is 79.3 Å². The van der Waals surface area contributed by atoms with Crippen LogP contribution in [-0.4, -0.2) is 98.2 Å². The van der Waals surface area contributed by atoms with E-state index in [1.165, 1.54) is 51.4 Å². The summed E-state index contributed by atoms with van der Waals surface area (Å²) in [5.74, 6) is 1.03. The van der Waals surface area contributed by atoms with Crippen LogP contribution in [0.5, 0.6) is 0 Å². The van der Waals surface area contributed by atoms with E-state index < -0.39 is 0 Å². The maximum Gasteiger partial charge on any atom is 0.0701 e. The van der Waals surface area contributed by atoms with Crippen LogP contribution in [0.25, 0.3) is 0 Å². The first-order valence-corrected chi connectivity index (χ1v) is 14.7. The molecule has 0 aliphatic heterocycles. The highest BCUT2D eigenvalue weighted by Crippen LogP contribution is 2.10. The van der Waals surface area contributed by atoms with Gasteiger partial charge in [0, 0.05) is 13.2 Å². The third kappa shape index (κ3) is 34.1. The summed E-state index contributed by atoms with van der Waals surface area (Å²) in [4.78, 5) is 0. The molecular weight excluding hydrogens is 468 g/mol. The molecule has 0 rings (SSSR count). The molecule has 212 valence electrons. The van der Waals surface area contributed by atoms with E-state index in [4.69, 9.17) is 33.2 Å². The molecule has 0 aliphatic rings. The maximum atomic E-state index is 5.62. The molecule has 8 heteroatoms. The third-order valence-electron chi connectivity index (χ3n) is 5.32. The second-order valence-electron chi connectivity index (χ2n) is 8.55. The molecule has 0 spiro atoms. The lowest BCUT2D eigenvalue weighted by Gasteiger charge is -2.08. The predicted octanol–water partition coefficient (Wildman–Crippen LogP) is 5.34. The standard InChI is InChI=1S/C27H56O7S/c1-2-3-13-28-15-17-30-19-21-32-23-25-34-26-24-33-22-20-31-18-16-29-14-11-9-7-5-4-6-8-10-12-27-35/h35H,2-27H2,1H3. The molecule has 0 aromatic heterocycles. The van der Waals surface area contributed by atoms with Crippen LogP contribution in [0, 0.1) is 0 Å². The van der Waals surface area contributed by atoms with Crippen LogP contribution in [0.3, 0.4) is 0 Å².